The second-order valence-electron chi connectivity index (χ2n) is 6.25. The van der Waals surface area contributed by atoms with Crippen LogP contribution in [0.3, 0.4) is 0 Å². The highest BCUT2D eigenvalue weighted by atomic mass is 32.1. The van der Waals surface area contributed by atoms with Gasteiger partial charge in [0.05, 0.1) is 12.1 Å². The maximum Gasteiger partial charge on any atom is 0.232 e. The summed E-state index contributed by atoms with van der Waals surface area (Å²) in [5.41, 5.74) is 5.70. The number of benzene rings is 1. The number of hydrogen-bond acceptors (Lipinski definition) is 3. The number of amides is 1. The highest BCUT2D eigenvalue weighted by Crippen LogP contribution is 2.26. The van der Waals surface area contributed by atoms with Crippen molar-refractivity contribution in [2.24, 2.45) is 0 Å². The molecule has 1 N–H and O–H groups in total. The maximum atomic E-state index is 12.1. The topological polar surface area (TPSA) is 45.9 Å². The Bertz CT molecular complexity index is 884. The Morgan fingerprint density at radius 3 is 2.60 bits per heavy atom. The molecule has 1 aromatic carbocycles. The minimum atomic E-state index is -0.0194. The number of aryl methyl sites for hydroxylation is 4. The van der Waals surface area contributed by atoms with E-state index in [9.17, 15) is 4.79 Å². The molecule has 0 fully saturated rings. The van der Waals surface area contributed by atoms with Crippen LogP contribution in [0.15, 0.2) is 48.1 Å². The van der Waals surface area contributed by atoms with E-state index in [0.29, 0.717) is 18.1 Å². The van der Waals surface area contributed by atoms with E-state index in [0.717, 1.165) is 11.3 Å². The average Bonchev–Trinajstić information content (AvgIpc) is 3.05. The normalized spacial score (nSPS) is 10.7. The summed E-state index contributed by atoms with van der Waals surface area (Å²) in [6.45, 7) is 6.89. The molecular formula is C20H22N3OS+. The van der Waals surface area contributed by atoms with Crippen LogP contribution in [0.1, 0.15) is 23.1 Å². The molecular weight excluding hydrogens is 330 g/mol. The van der Waals surface area contributed by atoms with Crippen LogP contribution in [0, 0.1) is 20.8 Å². The summed E-state index contributed by atoms with van der Waals surface area (Å²) in [4.78, 5) is 16.7. The molecule has 3 rings (SSSR count). The zero-order chi connectivity index (χ0) is 17.8. The molecule has 0 aliphatic carbocycles. The summed E-state index contributed by atoms with van der Waals surface area (Å²) in [5, 5.41) is 5.52. The van der Waals surface area contributed by atoms with Crippen LogP contribution < -0.4 is 9.88 Å². The second kappa shape index (κ2) is 7.57. The van der Waals surface area contributed by atoms with Gasteiger partial charge in [0.25, 0.3) is 0 Å². The number of hydrogen-bond donors (Lipinski definition) is 1. The van der Waals surface area contributed by atoms with Crippen LogP contribution in [0.2, 0.25) is 0 Å². The number of anilines is 1. The first-order valence-corrected chi connectivity index (χ1v) is 9.18. The Labute approximate surface area is 152 Å². The van der Waals surface area contributed by atoms with Crippen LogP contribution in [-0.4, -0.2) is 10.9 Å². The van der Waals surface area contributed by atoms with Crippen molar-refractivity contribution in [3.63, 3.8) is 0 Å². The van der Waals surface area contributed by atoms with E-state index in [1.54, 1.807) is 0 Å². The monoisotopic (exact) mass is 352 g/mol. The van der Waals surface area contributed by atoms with E-state index < -0.39 is 0 Å². The van der Waals surface area contributed by atoms with Crippen molar-refractivity contribution in [3.05, 3.63) is 64.8 Å². The molecule has 3 aromatic rings. The summed E-state index contributed by atoms with van der Waals surface area (Å²) in [6.07, 6.45) is 4.40. The van der Waals surface area contributed by atoms with Crippen LogP contribution >= 0.6 is 11.3 Å². The van der Waals surface area contributed by atoms with Crippen molar-refractivity contribution in [2.45, 2.75) is 33.7 Å². The predicted molar refractivity (Wildman–Crippen MR) is 102 cm³/mol. The second-order valence-corrected chi connectivity index (χ2v) is 7.11. The number of nitrogens with zero attached hydrogens (tertiary/aromatic N) is 2. The molecule has 0 aliphatic rings. The van der Waals surface area contributed by atoms with Gasteiger partial charge >= 0.3 is 0 Å². The predicted octanol–water partition coefficient (Wildman–Crippen LogP) is 4.05. The maximum absolute atomic E-state index is 12.1. The molecule has 2 heterocycles. The molecule has 4 nitrogen and oxygen atoms in total. The molecule has 0 atom stereocenters. The quantitative estimate of drug-likeness (QED) is 0.704. The molecule has 0 saturated carbocycles. The van der Waals surface area contributed by atoms with Gasteiger partial charge in [0.15, 0.2) is 24.1 Å². The van der Waals surface area contributed by atoms with Gasteiger partial charge in [0.1, 0.15) is 0 Å². The van der Waals surface area contributed by atoms with Gasteiger partial charge in [-0.2, -0.15) is 0 Å². The smallest absolute Gasteiger partial charge is 0.232 e. The zero-order valence-electron chi connectivity index (χ0n) is 14.7. The third kappa shape index (κ3) is 4.51. The van der Waals surface area contributed by atoms with Gasteiger partial charge in [-0.05, 0) is 43.5 Å². The largest absolute Gasteiger partial charge is 0.302 e. The Morgan fingerprint density at radius 1 is 1.12 bits per heavy atom. The first kappa shape index (κ1) is 17.3. The first-order valence-electron chi connectivity index (χ1n) is 8.30. The van der Waals surface area contributed by atoms with Crippen LogP contribution in [-0.2, 0) is 11.3 Å². The van der Waals surface area contributed by atoms with Gasteiger partial charge in [-0.25, -0.2) is 9.55 Å². The Hall–Kier alpha value is -2.53. The highest BCUT2D eigenvalue weighted by Gasteiger charge is 2.10. The highest BCUT2D eigenvalue weighted by molar-refractivity contribution is 7.14. The summed E-state index contributed by atoms with van der Waals surface area (Å²) in [7, 11) is 0. The van der Waals surface area contributed by atoms with Gasteiger partial charge in [-0.1, -0.05) is 12.1 Å². The molecule has 0 bridgehead atoms. The lowest BCUT2D eigenvalue weighted by Gasteiger charge is -2.02. The van der Waals surface area contributed by atoms with Gasteiger partial charge in [0.2, 0.25) is 5.91 Å². The summed E-state index contributed by atoms with van der Waals surface area (Å²) >= 11 is 1.46. The Morgan fingerprint density at radius 2 is 1.88 bits per heavy atom. The van der Waals surface area contributed by atoms with Crippen molar-refractivity contribution < 1.29 is 9.36 Å². The lowest BCUT2D eigenvalue weighted by Crippen LogP contribution is -2.34. The fourth-order valence-electron chi connectivity index (χ4n) is 2.46. The number of pyridine rings is 1. The fourth-order valence-corrected chi connectivity index (χ4v) is 3.19. The molecule has 0 spiro atoms. The van der Waals surface area contributed by atoms with Crippen LogP contribution in [0.25, 0.3) is 11.3 Å². The summed E-state index contributed by atoms with van der Waals surface area (Å²) in [6, 6.07) is 10.4. The molecule has 1 amide bonds. The van der Waals surface area contributed by atoms with E-state index in [-0.39, 0.29) is 5.91 Å². The van der Waals surface area contributed by atoms with Gasteiger partial charge in [-0.3, -0.25) is 4.79 Å². The molecule has 0 aliphatic heterocycles. The van der Waals surface area contributed by atoms with Crippen molar-refractivity contribution in [1.82, 2.24) is 4.98 Å². The molecule has 5 heteroatoms. The van der Waals surface area contributed by atoms with Crippen molar-refractivity contribution in [2.75, 3.05) is 5.32 Å². The lowest BCUT2D eigenvalue weighted by molar-refractivity contribution is -0.695. The van der Waals surface area contributed by atoms with E-state index in [1.165, 1.54) is 28.0 Å². The van der Waals surface area contributed by atoms with E-state index in [2.05, 4.69) is 42.3 Å². The van der Waals surface area contributed by atoms with Gasteiger partial charge in [0, 0.05) is 23.1 Å². The van der Waals surface area contributed by atoms with E-state index in [4.69, 9.17) is 0 Å². The van der Waals surface area contributed by atoms with Gasteiger partial charge < -0.3 is 5.32 Å². The SMILES string of the molecule is Cc1cc[n+](CCC(=O)Nc2nc(-c3ccc(C)c(C)c3)cs2)cc1. The van der Waals surface area contributed by atoms with E-state index in [1.807, 2.05) is 41.4 Å². The van der Waals surface area contributed by atoms with Crippen LogP contribution in [0.5, 0.6) is 0 Å². The summed E-state index contributed by atoms with van der Waals surface area (Å²) < 4.78 is 2.01. The number of nitrogens with one attached hydrogen (secondary N) is 1. The lowest BCUT2D eigenvalue weighted by atomic mass is 10.1. The van der Waals surface area contributed by atoms with Gasteiger partial charge in [-0.15, -0.1) is 11.3 Å². The minimum absolute atomic E-state index is 0.0194. The molecule has 2 aromatic heterocycles. The Balaban J connectivity index is 1.59. The number of thiazole rings is 1. The molecule has 128 valence electrons. The molecule has 25 heavy (non-hydrogen) atoms. The standard InChI is InChI=1S/C20H21N3OS/c1-14-6-9-23(10-7-14)11-8-19(24)22-20-21-18(13-25-20)17-5-4-15(2)16(3)12-17/h4-7,9-10,12-13H,8,11H2,1-3H3/p+1. The van der Waals surface area contributed by atoms with Crippen molar-refractivity contribution in [3.8, 4) is 11.3 Å². The number of carbonyl (C=O) groups excluding carboxylic acids is 1. The Kier molecular flexibility index (Phi) is 5.24. The van der Waals surface area contributed by atoms with Crippen LogP contribution in [0.4, 0.5) is 5.13 Å². The third-order valence-electron chi connectivity index (χ3n) is 4.21. The molecule has 0 unspecified atom stereocenters. The summed E-state index contributed by atoms with van der Waals surface area (Å²) in [5.74, 6) is -0.0194. The third-order valence-corrected chi connectivity index (χ3v) is 4.97. The fraction of sp³-hybridized carbons (Fsp3) is 0.250. The number of rotatable bonds is 5. The zero-order valence-corrected chi connectivity index (χ0v) is 15.6. The number of aromatic nitrogens is 2. The average molecular weight is 352 g/mol. The van der Waals surface area contributed by atoms with Crippen molar-refractivity contribution in [1.29, 1.82) is 0 Å². The minimum Gasteiger partial charge on any atom is -0.302 e. The first-order chi connectivity index (χ1) is 12.0. The van der Waals surface area contributed by atoms with E-state index >= 15 is 0 Å². The molecule has 0 radical (unpaired) electrons. The molecule has 0 saturated heterocycles. The number of carbonyl (C=O) groups is 1. The van der Waals surface area contributed by atoms with Crippen molar-refractivity contribution >= 4 is 22.4 Å².